The first-order valence-electron chi connectivity index (χ1n) is 6.44. The third kappa shape index (κ3) is 2.20. The number of aromatic amines is 1. The van der Waals surface area contributed by atoms with Crippen molar-refractivity contribution >= 4 is 5.97 Å². The van der Waals surface area contributed by atoms with Gasteiger partial charge < -0.3 is 4.74 Å². The average Bonchev–Trinajstić information content (AvgIpc) is 3.22. The Morgan fingerprint density at radius 1 is 1.38 bits per heavy atom. The molecule has 3 rings (SSSR count). The molecule has 0 aliphatic carbocycles. The van der Waals surface area contributed by atoms with Crippen LogP contribution in [-0.2, 0) is 11.3 Å². The van der Waals surface area contributed by atoms with E-state index in [1.54, 1.807) is 34.0 Å². The first kappa shape index (κ1) is 13.1. The summed E-state index contributed by atoms with van der Waals surface area (Å²) in [6, 6.07) is 3.60. The number of aryl methyl sites for hydroxylation is 1. The van der Waals surface area contributed by atoms with Gasteiger partial charge in [-0.05, 0) is 13.0 Å². The molecule has 108 valence electrons. The second-order valence-electron chi connectivity index (χ2n) is 4.30. The molecule has 1 N–H and O–H groups in total. The summed E-state index contributed by atoms with van der Waals surface area (Å²) < 4.78 is 8.18. The number of esters is 1. The molecular formula is C13H14N6O2. The van der Waals surface area contributed by atoms with E-state index in [1.807, 2.05) is 13.0 Å². The molecule has 0 radical (unpaired) electrons. The van der Waals surface area contributed by atoms with E-state index in [9.17, 15) is 4.79 Å². The Morgan fingerprint density at radius 2 is 2.24 bits per heavy atom. The molecule has 0 aromatic carbocycles. The van der Waals surface area contributed by atoms with Crippen LogP contribution < -0.4 is 0 Å². The summed E-state index contributed by atoms with van der Waals surface area (Å²) in [5.74, 6) is 0.273. The Labute approximate surface area is 120 Å². The monoisotopic (exact) mass is 286 g/mol. The van der Waals surface area contributed by atoms with Crippen molar-refractivity contribution in [3.63, 3.8) is 0 Å². The molecule has 0 amide bonds. The van der Waals surface area contributed by atoms with Crippen molar-refractivity contribution in [2.75, 3.05) is 7.11 Å². The van der Waals surface area contributed by atoms with Crippen molar-refractivity contribution in [1.29, 1.82) is 0 Å². The highest BCUT2D eigenvalue weighted by Gasteiger charge is 2.21. The fourth-order valence-electron chi connectivity index (χ4n) is 2.11. The summed E-state index contributed by atoms with van der Waals surface area (Å²) in [6.45, 7) is 2.69. The number of nitrogens with zero attached hydrogens (tertiary/aromatic N) is 5. The highest BCUT2D eigenvalue weighted by atomic mass is 16.5. The Balaban J connectivity index is 2.14. The fraction of sp³-hybridized carbons (Fsp3) is 0.231. The maximum Gasteiger partial charge on any atom is 0.359 e. The topological polar surface area (TPSA) is 90.6 Å². The molecule has 3 heterocycles. The zero-order valence-electron chi connectivity index (χ0n) is 11.6. The van der Waals surface area contributed by atoms with Crippen molar-refractivity contribution in [2.24, 2.45) is 0 Å². The van der Waals surface area contributed by atoms with Crippen LogP contribution in [0.3, 0.4) is 0 Å². The van der Waals surface area contributed by atoms with Crippen LogP contribution in [0, 0.1) is 0 Å². The van der Waals surface area contributed by atoms with Crippen LogP contribution in [0.5, 0.6) is 0 Å². The number of carbonyl (C=O) groups excluding carboxylic acids is 1. The number of hydrogen-bond donors (Lipinski definition) is 1. The lowest BCUT2D eigenvalue weighted by molar-refractivity contribution is 0.0594. The smallest absolute Gasteiger partial charge is 0.359 e. The first-order chi connectivity index (χ1) is 10.2. The largest absolute Gasteiger partial charge is 0.464 e. The Morgan fingerprint density at radius 3 is 2.90 bits per heavy atom. The number of hydrogen-bond acceptors (Lipinski definition) is 5. The summed E-state index contributed by atoms with van der Waals surface area (Å²) >= 11 is 0. The predicted octanol–water partition coefficient (Wildman–Crippen LogP) is 1.27. The molecule has 0 bridgehead atoms. The predicted molar refractivity (Wildman–Crippen MR) is 73.9 cm³/mol. The second kappa shape index (κ2) is 5.23. The van der Waals surface area contributed by atoms with E-state index < -0.39 is 5.97 Å². The van der Waals surface area contributed by atoms with Crippen LogP contribution in [0.15, 0.2) is 30.7 Å². The van der Waals surface area contributed by atoms with Gasteiger partial charge in [0.1, 0.15) is 0 Å². The van der Waals surface area contributed by atoms with E-state index in [1.165, 1.54) is 7.11 Å². The summed E-state index contributed by atoms with van der Waals surface area (Å²) in [7, 11) is 1.33. The van der Waals surface area contributed by atoms with Gasteiger partial charge in [0.15, 0.2) is 11.5 Å². The van der Waals surface area contributed by atoms with Gasteiger partial charge in [-0.3, -0.25) is 5.10 Å². The summed E-state index contributed by atoms with van der Waals surface area (Å²) in [5, 5.41) is 15.2. The quantitative estimate of drug-likeness (QED) is 0.729. The first-order valence-corrected chi connectivity index (χ1v) is 6.44. The Hall–Kier alpha value is -2.90. The van der Waals surface area contributed by atoms with Crippen molar-refractivity contribution in [1.82, 2.24) is 29.8 Å². The van der Waals surface area contributed by atoms with Crippen LogP contribution in [0.25, 0.3) is 17.1 Å². The van der Waals surface area contributed by atoms with Gasteiger partial charge in [0.25, 0.3) is 0 Å². The third-order valence-corrected chi connectivity index (χ3v) is 3.11. The number of carbonyl (C=O) groups is 1. The summed E-state index contributed by atoms with van der Waals surface area (Å²) in [4.78, 5) is 11.9. The minimum absolute atomic E-state index is 0.227. The van der Waals surface area contributed by atoms with E-state index >= 15 is 0 Å². The molecule has 0 saturated carbocycles. The molecule has 8 nitrogen and oxygen atoms in total. The molecule has 3 aromatic heterocycles. The molecule has 21 heavy (non-hydrogen) atoms. The lowest BCUT2D eigenvalue weighted by Crippen LogP contribution is -2.08. The minimum Gasteiger partial charge on any atom is -0.464 e. The summed E-state index contributed by atoms with van der Waals surface area (Å²) in [5.41, 5.74) is 1.55. The molecule has 0 fully saturated rings. The van der Waals surface area contributed by atoms with Gasteiger partial charge in [-0.25, -0.2) is 14.2 Å². The maximum absolute atomic E-state index is 11.9. The van der Waals surface area contributed by atoms with Crippen LogP contribution in [0.4, 0.5) is 0 Å². The van der Waals surface area contributed by atoms with Crippen molar-refractivity contribution in [3.05, 3.63) is 36.4 Å². The van der Waals surface area contributed by atoms with Gasteiger partial charge in [-0.1, -0.05) is 0 Å². The Kier molecular flexibility index (Phi) is 3.27. The van der Waals surface area contributed by atoms with Crippen LogP contribution in [-0.4, -0.2) is 42.8 Å². The number of rotatable bonds is 4. The van der Waals surface area contributed by atoms with E-state index in [2.05, 4.69) is 20.4 Å². The molecular weight excluding hydrogens is 272 g/mol. The van der Waals surface area contributed by atoms with Crippen molar-refractivity contribution in [3.8, 4) is 17.1 Å². The zero-order chi connectivity index (χ0) is 14.8. The molecule has 0 atom stereocenters. The standard InChI is InChI=1S/C13H14N6O2/c1-3-18-11(5-7-15-18)19-8-9(10-4-6-14-16-10)12(17-19)13(20)21-2/h4-8H,3H2,1-2H3,(H,14,16). The second-order valence-corrected chi connectivity index (χ2v) is 4.30. The molecule has 0 spiro atoms. The number of methoxy groups -OCH3 is 1. The van der Waals surface area contributed by atoms with Crippen molar-refractivity contribution in [2.45, 2.75) is 13.5 Å². The van der Waals surface area contributed by atoms with Gasteiger partial charge >= 0.3 is 5.97 Å². The highest BCUT2D eigenvalue weighted by Crippen LogP contribution is 2.23. The van der Waals surface area contributed by atoms with Gasteiger partial charge in [-0.15, -0.1) is 0 Å². The number of aromatic nitrogens is 6. The van der Waals surface area contributed by atoms with Gasteiger partial charge in [-0.2, -0.15) is 15.3 Å². The molecule has 8 heteroatoms. The van der Waals surface area contributed by atoms with E-state index in [0.717, 1.165) is 5.82 Å². The van der Waals surface area contributed by atoms with Gasteiger partial charge in [0, 0.05) is 25.0 Å². The van der Waals surface area contributed by atoms with Crippen LogP contribution >= 0.6 is 0 Å². The average molecular weight is 286 g/mol. The zero-order valence-corrected chi connectivity index (χ0v) is 11.6. The van der Waals surface area contributed by atoms with Crippen molar-refractivity contribution < 1.29 is 9.53 Å². The fourth-order valence-corrected chi connectivity index (χ4v) is 2.11. The van der Waals surface area contributed by atoms with Crippen LogP contribution in [0.2, 0.25) is 0 Å². The number of ether oxygens (including phenoxy) is 1. The van der Waals surface area contributed by atoms with E-state index in [-0.39, 0.29) is 5.69 Å². The Bertz CT molecular complexity index is 756. The maximum atomic E-state index is 11.9. The molecule has 0 aliphatic rings. The molecule has 0 unspecified atom stereocenters. The molecule has 3 aromatic rings. The lowest BCUT2D eigenvalue weighted by atomic mass is 10.2. The van der Waals surface area contributed by atoms with Gasteiger partial charge in [0.05, 0.1) is 24.6 Å². The SMILES string of the molecule is CCn1nccc1-n1cc(-c2ccn[nH]2)c(C(=O)OC)n1. The van der Waals surface area contributed by atoms with Gasteiger partial charge in [0.2, 0.25) is 0 Å². The third-order valence-electron chi connectivity index (χ3n) is 3.11. The normalized spacial score (nSPS) is 10.8. The number of nitrogens with one attached hydrogen (secondary N) is 1. The highest BCUT2D eigenvalue weighted by molar-refractivity contribution is 5.94. The van der Waals surface area contributed by atoms with Crippen LogP contribution in [0.1, 0.15) is 17.4 Å². The minimum atomic E-state index is -0.499. The summed E-state index contributed by atoms with van der Waals surface area (Å²) in [6.07, 6.45) is 5.06. The molecule has 0 saturated heterocycles. The van der Waals surface area contributed by atoms with E-state index in [4.69, 9.17) is 4.74 Å². The number of H-pyrrole nitrogens is 1. The lowest BCUT2D eigenvalue weighted by Gasteiger charge is -2.03. The van der Waals surface area contributed by atoms with E-state index in [0.29, 0.717) is 17.8 Å². The molecule has 0 aliphatic heterocycles.